The summed E-state index contributed by atoms with van der Waals surface area (Å²) in [5, 5.41) is 0. The summed E-state index contributed by atoms with van der Waals surface area (Å²) in [7, 11) is 1.20. The molecule has 0 bridgehead atoms. The maximum Gasteiger partial charge on any atom is 0.349 e. The van der Waals surface area contributed by atoms with Crippen LogP contribution in [0.1, 0.15) is 26.7 Å². The van der Waals surface area contributed by atoms with Gasteiger partial charge in [-0.2, -0.15) is 0 Å². The van der Waals surface area contributed by atoms with E-state index in [1.165, 1.54) is 14.0 Å². The molecule has 0 rings (SSSR count). The number of hydrogen-bond donors (Lipinski definition) is 0. The molecule has 0 heterocycles. The van der Waals surface area contributed by atoms with Gasteiger partial charge in [-0.25, -0.2) is 9.59 Å². The minimum atomic E-state index is -1.69. The van der Waals surface area contributed by atoms with Crippen LogP contribution in [0.3, 0.4) is 0 Å². The normalized spacial score (nSPS) is 13.6. The molecule has 0 saturated heterocycles. The molecule has 0 amide bonds. The van der Waals surface area contributed by atoms with E-state index in [1.54, 1.807) is 13.0 Å². The second-order valence-electron chi connectivity index (χ2n) is 3.52. The van der Waals surface area contributed by atoms with Gasteiger partial charge in [0.15, 0.2) is 0 Å². The zero-order valence-corrected chi connectivity index (χ0v) is 10.7. The summed E-state index contributed by atoms with van der Waals surface area (Å²) in [6.45, 7) is 7.03. The summed E-state index contributed by atoms with van der Waals surface area (Å²) in [5.41, 5.74) is -1.69. The van der Waals surface area contributed by atoms with E-state index in [2.05, 4.69) is 11.3 Å². The fourth-order valence-electron chi connectivity index (χ4n) is 1.17. The molecule has 0 aromatic heterocycles. The molecule has 1 atom stereocenters. The lowest BCUT2D eigenvalue weighted by molar-refractivity contribution is -0.187. The lowest BCUT2D eigenvalue weighted by atomic mass is 10.1. The van der Waals surface area contributed by atoms with Gasteiger partial charge in [0, 0.05) is 6.61 Å². The summed E-state index contributed by atoms with van der Waals surface area (Å²) >= 11 is 0. The molecule has 0 aromatic carbocycles. The van der Waals surface area contributed by atoms with Crippen LogP contribution >= 0.6 is 0 Å². The van der Waals surface area contributed by atoms with E-state index in [1.807, 2.05) is 0 Å². The van der Waals surface area contributed by atoms with Crippen molar-refractivity contribution in [3.8, 4) is 0 Å². The van der Waals surface area contributed by atoms with Crippen LogP contribution in [-0.2, 0) is 23.8 Å². The van der Waals surface area contributed by atoms with Crippen molar-refractivity contribution in [2.75, 3.05) is 20.3 Å². The highest BCUT2D eigenvalue weighted by Crippen LogP contribution is 2.16. The Balaban J connectivity index is 4.55. The first-order valence-electron chi connectivity index (χ1n) is 5.53. The molecule has 0 fully saturated rings. The van der Waals surface area contributed by atoms with Crippen LogP contribution in [0.5, 0.6) is 0 Å². The molecule has 0 saturated carbocycles. The van der Waals surface area contributed by atoms with Crippen LogP contribution in [0, 0.1) is 0 Å². The molecule has 0 spiro atoms. The minimum absolute atomic E-state index is 0.182. The smallest absolute Gasteiger partial charge is 0.349 e. The Bertz CT molecular complexity index is 274. The number of hydrogen-bond acceptors (Lipinski definition) is 5. The van der Waals surface area contributed by atoms with Crippen molar-refractivity contribution >= 4 is 11.9 Å². The van der Waals surface area contributed by atoms with Gasteiger partial charge in [-0.15, -0.1) is 6.58 Å². The van der Waals surface area contributed by atoms with Crippen molar-refractivity contribution in [2.24, 2.45) is 0 Å². The summed E-state index contributed by atoms with van der Waals surface area (Å²) in [5.74, 6) is -1.49. The number of rotatable bonds is 8. The summed E-state index contributed by atoms with van der Waals surface area (Å²) in [4.78, 5) is 23.2. The third kappa shape index (κ3) is 4.56. The summed E-state index contributed by atoms with van der Waals surface area (Å²) in [6.07, 6.45) is 3.17. The molecule has 0 aromatic rings. The van der Waals surface area contributed by atoms with Crippen LogP contribution < -0.4 is 0 Å². The van der Waals surface area contributed by atoms with Crippen molar-refractivity contribution in [3.63, 3.8) is 0 Å². The maximum atomic E-state index is 11.7. The largest absolute Gasteiger partial charge is 0.466 e. The van der Waals surface area contributed by atoms with Crippen LogP contribution in [0.2, 0.25) is 0 Å². The number of ether oxygens (including phenoxy) is 3. The minimum Gasteiger partial charge on any atom is -0.466 e. The SMILES string of the molecule is C=CCCCOC(C)(C(=O)OC)C(=O)OCC. The van der Waals surface area contributed by atoms with Gasteiger partial charge in [-0.3, -0.25) is 0 Å². The Hall–Kier alpha value is -1.36. The van der Waals surface area contributed by atoms with Crippen LogP contribution in [0.25, 0.3) is 0 Å². The molecule has 0 aliphatic heterocycles. The maximum absolute atomic E-state index is 11.7. The van der Waals surface area contributed by atoms with Gasteiger partial charge in [-0.05, 0) is 26.7 Å². The van der Waals surface area contributed by atoms with Crippen molar-refractivity contribution in [1.82, 2.24) is 0 Å². The van der Waals surface area contributed by atoms with Gasteiger partial charge < -0.3 is 14.2 Å². The van der Waals surface area contributed by atoms with Crippen molar-refractivity contribution < 1.29 is 23.8 Å². The third-order valence-corrected chi connectivity index (χ3v) is 2.18. The second-order valence-corrected chi connectivity index (χ2v) is 3.52. The molecule has 0 N–H and O–H groups in total. The van der Waals surface area contributed by atoms with E-state index in [9.17, 15) is 9.59 Å². The lowest BCUT2D eigenvalue weighted by Gasteiger charge is -2.24. The van der Waals surface area contributed by atoms with E-state index in [0.717, 1.165) is 6.42 Å². The number of methoxy groups -OCH3 is 1. The Kier molecular flexibility index (Phi) is 7.21. The van der Waals surface area contributed by atoms with E-state index in [0.29, 0.717) is 6.42 Å². The zero-order valence-electron chi connectivity index (χ0n) is 10.7. The highest BCUT2D eigenvalue weighted by molar-refractivity contribution is 6.03. The molecule has 0 aliphatic rings. The van der Waals surface area contributed by atoms with E-state index in [4.69, 9.17) is 9.47 Å². The zero-order chi connectivity index (χ0) is 13.3. The average molecular weight is 244 g/mol. The van der Waals surface area contributed by atoms with E-state index in [-0.39, 0.29) is 13.2 Å². The molecular formula is C12H20O5. The van der Waals surface area contributed by atoms with Gasteiger partial charge in [0.2, 0.25) is 0 Å². The highest BCUT2D eigenvalue weighted by Gasteiger charge is 2.45. The van der Waals surface area contributed by atoms with Gasteiger partial charge in [0.25, 0.3) is 5.60 Å². The number of carbonyl (C=O) groups is 2. The van der Waals surface area contributed by atoms with Gasteiger partial charge in [0.05, 0.1) is 13.7 Å². The highest BCUT2D eigenvalue weighted by atomic mass is 16.6. The predicted octanol–water partition coefficient (Wildman–Crippen LogP) is 1.46. The topological polar surface area (TPSA) is 61.8 Å². The first-order valence-corrected chi connectivity index (χ1v) is 5.53. The first kappa shape index (κ1) is 15.6. The Morgan fingerprint density at radius 3 is 2.47 bits per heavy atom. The average Bonchev–Trinajstić information content (AvgIpc) is 2.33. The molecular weight excluding hydrogens is 224 g/mol. The molecule has 17 heavy (non-hydrogen) atoms. The number of unbranched alkanes of at least 4 members (excludes halogenated alkanes) is 1. The van der Waals surface area contributed by atoms with E-state index < -0.39 is 17.5 Å². The van der Waals surface area contributed by atoms with Crippen molar-refractivity contribution in [2.45, 2.75) is 32.3 Å². The van der Waals surface area contributed by atoms with E-state index >= 15 is 0 Å². The van der Waals surface area contributed by atoms with Gasteiger partial charge in [-0.1, -0.05) is 6.08 Å². The Labute approximate surface area is 102 Å². The first-order chi connectivity index (χ1) is 8.02. The van der Waals surface area contributed by atoms with Crippen LogP contribution in [0.15, 0.2) is 12.7 Å². The molecule has 0 radical (unpaired) electrons. The fourth-order valence-corrected chi connectivity index (χ4v) is 1.17. The number of allylic oxidation sites excluding steroid dienone is 1. The quantitative estimate of drug-likeness (QED) is 0.280. The number of carbonyl (C=O) groups excluding carboxylic acids is 2. The molecule has 0 aliphatic carbocycles. The lowest BCUT2D eigenvalue weighted by Crippen LogP contribution is -2.48. The Morgan fingerprint density at radius 1 is 1.35 bits per heavy atom. The van der Waals surface area contributed by atoms with Crippen molar-refractivity contribution in [3.05, 3.63) is 12.7 Å². The Morgan fingerprint density at radius 2 is 2.00 bits per heavy atom. The van der Waals surface area contributed by atoms with Gasteiger partial charge >= 0.3 is 11.9 Å². The number of esters is 2. The second kappa shape index (κ2) is 7.84. The molecule has 1 unspecified atom stereocenters. The monoisotopic (exact) mass is 244 g/mol. The molecule has 5 nitrogen and oxygen atoms in total. The van der Waals surface area contributed by atoms with Crippen LogP contribution in [-0.4, -0.2) is 37.9 Å². The fraction of sp³-hybridized carbons (Fsp3) is 0.667. The van der Waals surface area contributed by atoms with Crippen LogP contribution in [0.4, 0.5) is 0 Å². The predicted molar refractivity (Wildman–Crippen MR) is 62.4 cm³/mol. The molecule has 98 valence electrons. The third-order valence-electron chi connectivity index (χ3n) is 2.18. The molecule has 5 heteroatoms. The standard InChI is InChI=1S/C12H20O5/c1-5-7-8-9-17-12(3,10(13)15-4)11(14)16-6-2/h5H,1,6-9H2,2-4H3. The van der Waals surface area contributed by atoms with Gasteiger partial charge in [0.1, 0.15) is 0 Å². The van der Waals surface area contributed by atoms with Crippen molar-refractivity contribution in [1.29, 1.82) is 0 Å². The summed E-state index contributed by atoms with van der Waals surface area (Å²) in [6, 6.07) is 0. The summed E-state index contributed by atoms with van der Waals surface area (Å²) < 4.78 is 14.7.